The number of rotatable bonds is 3. The van der Waals surface area contributed by atoms with Crippen LogP contribution in [0.2, 0.25) is 0 Å². The lowest BCUT2D eigenvalue weighted by Crippen LogP contribution is -2.46. The molecule has 0 aliphatic carbocycles. The fraction of sp³-hybridized carbons (Fsp3) is 0.406. The maximum Gasteiger partial charge on any atom is 0.349 e. The highest BCUT2D eigenvalue weighted by molar-refractivity contribution is 6.03. The lowest BCUT2D eigenvalue weighted by Gasteiger charge is -2.40. The number of alkyl halides is 1. The molecule has 218 valence electrons. The Balaban J connectivity index is 0.000000296. The maximum absolute atomic E-state index is 14.5. The van der Waals surface area contributed by atoms with Crippen molar-refractivity contribution >= 4 is 27.5 Å². The molecule has 7 rings (SSSR count). The lowest BCUT2D eigenvalue weighted by atomic mass is 9.95. The number of halogens is 2. The number of terminal acetylenes is 1. The third-order valence-corrected chi connectivity index (χ3v) is 8.64. The minimum Gasteiger partial charge on any atom is -0.508 e. The van der Waals surface area contributed by atoms with Crippen LogP contribution in [0.4, 0.5) is 14.6 Å². The van der Waals surface area contributed by atoms with Gasteiger partial charge >= 0.3 is 11.6 Å². The minimum atomic E-state index is -0.641. The largest absolute Gasteiger partial charge is 0.508 e. The minimum absolute atomic E-state index is 0.0139. The van der Waals surface area contributed by atoms with Crippen molar-refractivity contribution in [1.82, 2.24) is 14.9 Å². The number of methoxy groups -OCH3 is 1. The zero-order valence-corrected chi connectivity index (χ0v) is 23.8. The first kappa shape index (κ1) is 27.9. The van der Waals surface area contributed by atoms with Crippen molar-refractivity contribution in [2.45, 2.75) is 57.8 Å². The second-order valence-corrected chi connectivity index (χ2v) is 11.2. The number of hydrogen-bond donors (Lipinski definition) is 1. The second-order valence-electron chi connectivity index (χ2n) is 11.2. The van der Waals surface area contributed by atoms with Gasteiger partial charge in [-0.3, -0.25) is 4.90 Å². The molecule has 2 aromatic carbocycles. The van der Waals surface area contributed by atoms with Gasteiger partial charge in [-0.05, 0) is 69.7 Å². The van der Waals surface area contributed by atoms with Crippen molar-refractivity contribution < 1.29 is 23.0 Å². The van der Waals surface area contributed by atoms with Crippen molar-refractivity contribution in [3.8, 4) is 35.4 Å². The molecule has 10 heteroatoms. The van der Waals surface area contributed by atoms with Crippen LogP contribution < -0.4 is 15.3 Å². The number of nitrogens with zero attached hydrogens (tertiary/aromatic N) is 4. The first-order chi connectivity index (χ1) is 20.2. The highest BCUT2D eigenvalue weighted by Gasteiger charge is 2.35. The van der Waals surface area contributed by atoms with Crippen LogP contribution >= 0.6 is 0 Å². The number of phenolic OH excluding ortho intramolecular Hbond substituents is 1. The Labute approximate surface area is 241 Å². The number of phenols is 1. The number of aromatic nitrogens is 2. The molecule has 1 N–H and O–H groups in total. The molecule has 2 aromatic heterocycles. The molecule has 0 bridgehead atoms. The quantitative estimate of drug-likeness (QED) is 0.328. The molecule has 3 aliphatic rings. The molecule has 0 saturated carbocycles. The van der Waals surface area contributed by atoms with E-state index in [-0.39, 0.29) is 34.5 Å². The summed E-state index contributed by atoms with van der Waals surface area (Å²) in [6, 6.07) is 6.56. The molecule has 4 aromatic rings. The van der Waals surface area contributed by atoms with E-state index in [9.17, 15) is 18.7 Å². The number of fused-ring (bicyclic) bond motifs is 3. The van der Waals surface area contributed by atoms with Gasteiger partial charge in [-0.15, -0.1) is 6.42 Å². The fourth-order valence-corrected chi connectivity index (χ4v) is 6.37. The van der Waals surface area contributed by atoms with Crippen molar-refractivity contribution in [3.63, 3.8) is 0 Å². The van der Waals surface area contributed by atoms with E-state index in [1.165, 1.54) is 44.2 Å². The van der Waals surface area contributed by atoms with E-state index in [2.05, 4.69) is 20.8 Å². The van der Waals surface area contributed by atoms with Gasteiger partial charge in [0.15, 0.2) is 5.82 Å². The monoisotopic (exact) mass is 574 g/mol. The third kappa shape index (κ3) is 4.71. The smallest absolute Gasteiger partial charge is 0.349 e. The summed E-state index contributed by atoms with van der Waals surface area (Å²) in [7, 11) is 1.46. The highest BCUT2D eigenvalue weighted by atomic mass is 19.1. The van der Waals surface area contributed by atoms with E-state index in [1.54, 1.807) is 6.92 Å². The van der Waals surface area contributed by atoms with E-state index in [1.807, 2.05) is 11.8 Å². The van der Waals surface area contributed by atoms with E-state index >= 15 is 0 Å². The summed E-state index contributed by atoms with van der Waals surface area (Å²) in [4.78, 5) is 26.4. The van der Waals surface area contributed by atoms with Gasteiger partial charge in [0.25, 0.3) is 0 Å². The van der Waals surface area contributed by atoms with Gasteiger partial charge in [-0.25, -0.2) is 13.6 Å². The van der Waals surface area contributed by atoms with E-state index < -0.39 is 17.6 Å². The van der Waals surface area contributed by atoms with Crippen LogP contribution in [-0.2, 0) is 0 Å². The summed E-state index contributed by atoms with van der Waals surface area (Å²) in [5.41, 5.74) is 0.541. The molecule has 3 aliphatic heterocycles. The van der Waals surface area contributed by atoms with Gasteiger partial charge < -0.3 is 19.2 Å². The normalized spacial score (nSPS) is 21.5. The molecule has 0 amide bonds. The van der Waals surface area contributed by atoms with Crippen LogP contribution in [0.3, 0.4) is 0 Å². The molecule has 3 fully saturated rings. The summed E-state index contributed by atoms with van der Waals surface area (Å²) >= 11 is 0. The van der Waals surface area contributed by atoms with E-state index in [0.29, 0.717) is 45.8 Å². The summed E-state index contributed by atoms with van der Waals surface area (Å²) in [6.07, 6.45) is 9.39. The number of hydrogen-bond acceptors (Lipinski definition) is 8. The van der Waals surface area contributed by atoms with Gasteiger partial charge in [-0.2, -0.15) is 9.97 Å². The highest BCUT2D eigenvalue weighted by Crippen LogP contribution is 2.40. The van der Waals surface area contributed by atoms with Crippen LogP contribution in [0.1, 0.15) is 43.7 Å². The summed E-state index contributed by atoms with van der Waals surface area (Å²) < 4.78 is 38.2. The molecular weight excluding hydrogens is 542 g/mol. The first-order valence-corrected chi connectivity index (χ1v) is 14.2. The summed E-state index contributed by atoms with van der Waals surface area (Å²) in [5, 5.41) is 11.4. The van der Waals surface area contributed by atoms with Crippen LogP contribution in [0.5, 0.6) is 11.8 Å². The standard InChI is InChI=1S/C25H20FN3O4.C7H12FN/c1-5-16-18(26)7-6-14-10-15(30)11-17(19(14)16)22-13(3)21-20(24(31)33-22)23(28-25(27-21)32-4)29-9-8-12(29)2;8-6-4-7-2-1-3-9(7)5-6/h1,6-7,10-12,30H,8-9H2,2-4H3;6-7H,1-5H2. The van der Waals surface area contributed by atoms with Crippen molar-refractivity contribution in [2.24, 2.45) is 0 Å². The summed E-state index contributed by atoms with van der Waals surface area (Å²) in [5.74, 6) is 2.30. The van der Waals surface area contributed by atoms with Crippen LogP contribution in [0.15, 0.2) is 33.5 Å². The van der Waals surface area contributed by atoms with Gasteiger partial charge in [-0.1, -0.05) is 12.0 Å². The molecule has 3 saturated heterocycles. The van der Waals surface area contributed by atoms with Gasteiger partial charge in [0, 0.05) is 41.7 Å². The summed E-state index contributed by atoms with van der Waals surface area (Å²) in [6.45, 7) is 6.39. The molecule has 5 heterocycles. The van der Waals surface area contributed by atoms with Crippen LogP contribution in [-0.4, -0.2) is 65.0 Å². The number of aryl methyl sites for hydroxylation is 1. The number of anilines is 1. The van der Waals surface area contributed by atoms with Gasteiger partial charge in [0.2, 0.25) is 0 Å². The molecule has 0 radical (unpaired) electrons. The van der Waals surface area contributed by atoms with E-state index in [4.69, 9.17) is 15.6 Å². The zero-order chi connectivity index (χ0) is 29.7. The molecule has 8 nitrogen and oxygen atoms in total. The SMILES string of the molecule is C#Cc1c(F)ccc2cc(O)cc(-c3oc(=O)c4c(N5CCC5C)nc(OC)nc4c3C)c12.FC1CC2CCCN2C1. The maximum atomic E-state index is 14.5. The predicted molar refractivity (Wildman–Crippen MR) is 157 cm³/mol. The van der Waals surface area contributed by atoms with Gasteiger partial charge in [0.1, 0.15) is 28.9 Å². The van der Waals surface area contributed by atoms with Crippen molar-refractivity contribution in [3.05, 3.63) is 51.6 Å². The second kappa shape index (κ2) is 10.9. The Morgan fingerprint density at radius 1 is 1.19 bits per heavy atom. The number of benzene rings is 2. The lowest BCUT2D eigenvalue weighted by molar-refractivity contribution is 0.292. The molecule has 3 unspecified atom stereocenters. The van der Waals surface area contributed by atoms with Gasteiger partial charge in [0.05, 0.1) is 18.2 Å². The molecule has 3 atom stereocenters. The third-order valence-electron chi connectivity index (χ3n) is 8.64. The Morgan fingerprint density at radius 3 is 2.67 bits per heavy atom. The molecule has 0 spiro atoms. The number of ether oxygens (including phenoxy) is 1. The molecular formula is C32H32F2N4O4. The average molecular weight is 575 g/mol. The topological polar surface area (TPSA) is 91.9 Å². The zero-order valence-electron chi connectivity index (χ0n) is 23.8. The number of aromatic hydroxyl groups is 1. The Bertz CT molecular complexity index is 1790. The Kier molecular flexibility index (Phi) is 7.23. The Morgan fingerprint density at radius 2 is 2.00 bits per heavy atom. The van der Waals surface area contributed by atoms with Crippen molar-refractivity contribution in [2.75, 3.05) is 31.6 Å². The van der Waals surface area contributed by atoms with Crippen LogP contribution in [0, 0.1) is 25.1 Å². The average Bonchev–Trinajstić information content (AvgIpc) is 3.54. The predicted octanol–water partition coefficient (Wildman–Crippen LogP) is 5.34. The van der Waals surface area contributed by atoms with Crippen LogP contribution in [0.25, 0.3) is 33.0 Å². The fourth-order valence-electron chi connectivity index (χ4n) is 6.37. The Hall–Kier alpha value is -4.23. The first-order valence-electron chi connectivity index (χ1n) is 14.2. The van der Waals surface area contributed by atoms with Crippen molar-refractivity contribution in [1.29, 1.82) is 0 Å². The molecule has 42 heavy (non-hydrogen) atoms. The van der Waals surface area contributed by atoms with E-state index in [0.717, 1.165) is 25.9 Å².